The highest BCUT2D eigenvalue weighted by Crippen LogP contribution is 2.36. The second-order valence-corrected chi connectivity index (χ2v) is 4.05. The molecule has 78 valence electrons. The highest BCUT2D eigenvalue weighted by Gasteiger charge is 2.35. The summed E-state index contributed by atoms with van der Waals surface area (Å²) in [4.78, 5) is 3.09. The van der Waals surface area contributed by atoms with Crippen molar-refractivity contribution in [3.05, 3.63) is 24.0 Å². The van der Waals surface area contributed by atoms with E-state index >= 15 is 0 Å². The number of rotatable bonds is 2. The molecule has 1 heterocycles. The van der Waals surface area contributed by atoms with E-state index in [0.29, 0.717) is 6.10 Å². The average Bonchev–Trinajstić information content (AvgIpc) is 2.72. The number of hydrogen-bond acceptors (Lipinski definition) is 2. The molecular formula is C11H17NO2. The maximum absolute atomic E-state index is 10.4. The third-order valence-electron chi connectivity index (χ3n) is 3.19. The zero-order valence-corrected chi connectivity index (χ0v) is 8.49. The van der Waals surface area contributed by atoms with Gasteiger partial charge in [0.15, 0.2) is 0 Å². The van der Waals surface area contributed by atoms with Gasteiger partial charge in [0.25, 0.3) is 0 Å². The zero-order valence-electron chi connectivity index (χ0n) is 8.49. The van der Waals surface area contributed by atoms with E-state index in [2.05, 4.69) is 4.98 Å². The number of methoxy groups -OCH3 is 1. The lowest BCUT2D eigenvalue weighted by Gasteiger charge is -2.34. The van der Waals surface area contributed by atoms with Crippen LogP contribution in [0.5, 0.6) is 0 Å². The van der Waals surface area contributed by atoms with Crippen molar-refractivity contribution in [2.75, 3.05) is 7.11 Å². The van der Waals surface area contributed by atoms with Crippen molar-refractivity contribution in [1.82, 2.24) is 4.98 Å². The Labute approximate surface area is 84.1 Å². The predicted octanol–water partition coefficient (Wildman–Crippen LogP) is 1.79. The number of aliphatic hydroxyl groups is 1. The van der Waals surface area contributed by atoms with Crippen LogP contribution in [0.4, 0.5) is 0 Å². The van der Waals surface area contributed by atoms with Gasteiger partial charge in [-0.1, -0.05) is 0 Å². The molecule has 0 saturated heterocycles. The van der Waals surface area contributed by atoms with Gasteiger partial charge in [-0.2, -0.15) is 0 Å². The smallest absolute Gasteiger partial charge is 0.104 e. The fourth-order valence-corrected chi connectivity index (χ4v) is 2.19. The predicted molar refractivity (Wildman–Crippen MR) is 54.0 cm³/mol. The van der Waals surface area contributed by atoms with E-state index < -0.39 is 5.60 Å². The van der Waals surface area contributed by atoms with Crippen LogP contribution >= 0.6 is 0 Å². The molecule has 0 aliphatic heterocycles. The fourth-order valence-electron chi connectivity index (χ4n) is 2.19. The summed E-state index contributed by atoms with van der Waals surface area (Å²) in [7, 11) is 1.74. The largest absolute Gasteiger partial charge is 0.384 e. The lowest BCUT2D eigenvalue weighted by molar-refractivity contribution is -0.0497. The van der Waals surface area contributed by atoms with Gasteiger partial charge in [0.05, 0.1) is 6.10 Å². The lowest BCUT2D eigenvalue weighted by Crippen LogP contribution is -2.34. The molecule has 2 rings (SSSR count). The summed E-state index contributed by atoms with van der Waals surface area (Å²) in [6.07, 6.45) is 5.62. The molecule has 3 heteroatoms. The molecule has 0 atom stereocenters. The van der Waals surface area contributed by atoms with Gasteiger partial charge in [0.1, 0.15) is 5.60 Å². The molecular weight excluding hydrogens is 178 g/mol. The standard InChI is InChI=1S/C11H17NO2/c1-14-9-4-6-11(13,7-5-9)10-3-2-8-12-10/h2-3,8-9,12-13H,4-7H2,1H3. The van der Waals surface area contributed by atoms with E-state index in [-0.39, 0.29) is 0 Å². The second kappa shape index (κ2) is 3.75. The first-order valence-electron chi connectivity index (χ1n) is 5.14. The summed E-state index contributed by atoms with van der Waals surface area (Å²) in [5.74, 6) is 0. The van der Waals surface area contributed by atoms with Crippen LogP contribution in [0.3, 0.4) is 0 Å². The lowest BCUT2D eigenvalue weighted by atomic mass is 9.81. The third kappa shape index (κ3) is 1.70. The molecule has 1 saturated carbocycles. The number of nitrogens with one attached hydrogen (secondary N) is 1. The minimum absolute atomic E-state index is 0.324. The molecule has 1 aliphatic carbocycles. The Hall–Kier alpha value is -0.800. The first-order valence-corrected chi connectivity index (χ1v) is 5.14. The number of hydrogen-bond donors (Lipinski definition) is 2. The summed E-state index contributed by atoms with van der Waals surface area (Å²) >= 11 is 0. The van der Waals surface area contributed by atoms with Crippen LogP contribution in [0.15, 0.2) is 18.3 Å². The summed E-state index contributed by atoms with van der Waals surface area (Å²) in [6.45, 7) is 0. The van der Waals surface area contributed by atoms with E-state index in [9.17, 15) is 5.11 Å². The van der Waals surface area contributed by atoms with Gasteiger partial charge in [-0.3, -0.25) is 0 Å². The van der Waals surface area contributed by atoms with Crippen molar-refractivity contribution in [2.24, 2.45) is 0 Å². The molecule has 0 unspecified atom stereocenters. The monoisotopic (exact) mass is 195 g/mol. The van der Waals surface area contributed by atoms with Crippen molar-refractivity contribution < 1.29 is 9.84 Å². The van der Waals surface area contributed by atoms with Gasteiger partial charge >= 0.3 is 0 Å². The summed E-state index contributed by atoms with van der Waals surface area (Å²) in [5.41, 5.74) is 0.283. The van der Waals surface area contributed by atoms with Crippen molar-refractivity contribution in [2.45, 2.75) is 37.4 Å². The van der Waals surface area contributed by atoms with Crippen LogP contribution in [0.1, 0.15) is 31.4 Å². The number of H-pyrrole nitrogens is 1. The van der Waals surface area contributed by atoms with Gasteiger partial charge < -0.3 is 14.8 Å². The summed E-state index contributed by atoms with van der Waals surface area (Å²) < 4.78 is 5.28. The van der Waals surface area contributed by atoms with Crippen LogP contribution in [0.25, 0.3) is 0 Å². The molecule has 2 N–H and O–H groups in total. The molecule has 1 aromatic heterocycles. The van der Waals surface area contributed by atoms with Crippen LogP contribution < -0.4 is 0 Å². The molecule has 14 heavy (non-hydrogen) atoms. The maximum atomic E-state index is 10.4. The first-order chi connectivity index (χ1) is 6.74. The Kier molecular flexibility index (Phi) is 2.61. The van der Waals surface area contributed by atoms with Crippen LogP contribution in [-0.2, 0) is 10.3 Å². The van der Waals surface area contributed by atoms with Crippen LogP contribution in [0, 0.1) is 0 Å². The van der Waals surface area contributed by atoms with Crippen LogP contribution in [-0.4, -0.2) is 23.3 Å². The second-order valence-electron chi connectivity index (χ2n) is 4.05. The van der Waals surface area contributed by atoms with Crippen molar-refractivity contribution in [3.8, 4) is 0 Å². The maximum Gasteiger partial charge on any atom is 0.104 e. The molecule has 0 bridgehead atoms. The Morgan fingerprint density at radius 1 is 1.50 bits per heavy atom. The van der Waals surface area contributed by atoms with Gasteiger partial charge in [0, 0.05) is 19.0 Å². The molecule has 0 spiro atoms. The first kappa shape index (κ1) is 9.74. The number of aromatic nitrogens is 1. The highest BCUT2D eigenvalue weighted by molar-refractivity contribution is 5.14. The third-order valence-corrected chi connectivity index (χ3v) is 3.19. The van der Waals surface area contributed by atoms with Crippen molar-refractivity contribution in [3.63, 3.8) is 0 Å². The van der Waals surface area contributed by atoms with Gasteiger partial charge in [-0.25, -0.2) is 0 Å². The molecule has 1 fully saturated rings. The number of aromatic amines is 1. The molecule has 1 aromatic rings. The highest BCUT2D eigenvalue weighted by atomic mass is 16.5. The van der Waals surface area contributed by atoms with E-state index in [1.54, 1.807) is 7.11 Å². The minimum Gasteiger partial charge on any atom is -0.384 e. The molecule has 0 aromatic carbocycles. The quantitative estimate of drug-likeness (QED) is 0.755. The van der Waals surface area contributed by atoms with E-state index in [4.69, 9.17) is 4.74 Å². The van der Waals surface area contributed by atoms with Gasteiger partial charge in [0.2, 0.25) is 0 Å². The minimum atomic E-state index is -0.654. The normalized spacial score (nSPS) is 33.1. The number of ether oxygens (including phenoxy) is 1. The van der Waals surface area contributed by atoms with E-state index in [1.807, 2.05) is 18.3 Å². The van der Waals surface area contributed by atoms with Gasteiger partial charge in [-0.15, -0.1) is 0 Å². The Morgan fingerprint density at radius 3 is 2.71 bits per heavy atom. The molecule has 0 amide bonds. The van der Waals surface area contributed by atoms with E-state index in [1.165, 1.54) is 0 Å². The topological polar surface area (TPSA) is 45.2 Å². The summed E-state index contributed by atoms with van der Waals surface area (Å²) in [5, 5.41) is 10.4. The Balaban J connectivity index is 2.06. The van der Waals surface area contributed by atoms with Crippen LogP contribution in [0.2, 0.25) is 0 Å². The Morgan fingerprint density at radius 2 is 2.21 bits per heavy atom. The average molecular weight is 195 g/mol. The van der Waals surface area contributed by atoms with Crippen molar-refractivity contribution >= 4 is 0 Å². The molecule has 1 aliphatic rings. The SMILES string of the molecule is COC1CCC(O)(c2ccc[nH]2)CC1. The Bertz CT molecular complexity index is 273. The van der Waals surface area contributed by atoms with Gasteiger partial charge in [-0.05, 0) is 37.8 Å². The molecule has 0 radical (unpaired) electrons. The van der Waals surface area contributed by atoms with Crippen molar-refractivity contribution in [1.29, 1.82) is 0 Å². The zero-order chi connectivity index (χ0) is 10.0. The van der Waals surface area contributed by atoms with E-state index in [0.717, 1.165) is 31.4 Å². The summed E-state index contributed by atoms with van der Waals surface area (Å²) in [6, 6.07) is 3.88. The molecule has 3 nitrogen and oxygen atoms in total. The fraction of sp³-hybridized carbons (Fsp3) is 0.636.